The summed E-state index contributed by atoms with van der Waals surface area (Å²) in [6.07, 6.45) is 4.05. The number of urea groups is 1. The summed E-state index contributed by atoms with van der Waals surface area (Å²) in [4.78, 5) is 10.3. The van der Waals surface area contributed by atoms with Gasteiger partial charge in [-0.25, -0.2) is 4.79 Å². The fourth-order valence-corrected chi connectivity index (χ4v) is 1.17. The van der Waals surface area contributed by atoms with Crippen LogP contribution in [0.2, 0.25) is 0 Å². The van der Waals surface area contributed by atoms with E-state index in [4.69, 9.17) is 5.73 Å². The third-order valence-corrected chi connectivity index (χ3v) is 1.82. The van der Waals surface area contributed by atoms with Gasteiger partial charge in [0.1, 0.15) is 0 Å². The average Bonchev–Trinajstić information content (AvgIpc) is 2.50. The number of hydrogen-bond acceptors (Lipinski definition) is 2. The Labute approximate surface area is 83.3 Å². The van der Waals surface area contributed by atoms with Crippen molar-refractivity contribution in [3.05, 3.63) is 24.0 Å². The minimum Gasteiger partial charge on any atom is -0.357 e. The first-order valence-corrected chi connectivity index (χ1v) is 4.53. The fraction of sp³-hybridized carbons (Fsp3) is 0.444. The summed E-state index contributed by atoms with van der Waals surface area (Å²) in [6.45, 7) is 2.08. The van der Waals surface area contributed by atoms with Gasteiger partial charge in [0.15, 0.2) is 0 Å². The van der Waals surface area contributed by atoms with Crippen LogP contribution in [0.15, 0.2) is 18.5 Å². The van der Waals surface area contributed by atoms with E-state index in [1.54, 1.807) is 0 Å². The van der Waals surface area contributed by atoms with Crippen molar-refractivity contribution in [3.8, 4) is 0 Å². The molecule has 0 fully saturated rings. The maximum absolute atomic E-state index is 10.3. The highest BCUT2D eigenvalue weighted by Gasteiger charge is 1.94. The van der Waals surface area contributed by atoms with Crippen LogP contribution in [0.1, 0.15) is 5.56 Å². The molecule has 0 spiro atoms. The number of nitrogens with one attached hydrogen (secondary N) is 2. The number of rotatable bonds is 5. The number of primary amides is 1. The predicted octanol–water partition coefficient (Wildman–Crippen LogP) is -0.217. The molecule has 0 saturated carbocycles. The Morgan fingerprint density at radius 1 is 1.57 bits per heavy atom. The van der Waals surface area contributed by atoms with Crippen molar-refractivity contribution >= 4 is 6.03 Å². The summed E-state index contributed by atoms with van der Waals surface area (Å²) in [5.41, 5.74) is 6.14. The largest absolute Gasteiger partial charge is 0.357 e. The molecule has 0 aromatic carbocycles. The van der Waals surface area contributed by atoms with Crippen molar-refractivity contribution in [2.24, 2.45) is 12.8 Å². The Morgan fingerprint density at radius 2 is 2.36 bits per heavy atom. The van der Waals surface area contributed by atoms with Crippen LogP contribution in [0.3, 0.4) is 0 Å². The first kappa shape index (κ1) is 10.6. The smallest absolute Gasteiger partial charge is 0.312 e. The van der Waals surface area contributed by atoms with Gasteiger partial charge in [-0.3, -0.25) is 0 Å². The lowest BCUT2D eigenvalue weighted by Crippen LogP contribution is -2.35. The quantitative estimate of drug-likeness (QED) is 0.570. The molecule has 0 bridgehead atoms. The number of carbonyl (C=O) groups excluding carboxylic acids is 1. The van der Waals surface area contributed by atoms with Crippen molar-refractivity contribution in [3.63, 3.8) is 0 Å². The highest BCUT2D eigenvalue weighted by molar-refractivity contribution is 5.71. The minimum absolute atomic E-state index is 0.480. The number of aryl methyl sites for hydroxylation is 1. The Morgan fingerprint density at radius 3 is 2.93 bits per heavy atom. The van der Waals surface area contributed by atoms with Crippen LogP contribution >= 0.6 is 0 Å². The van der Waals surface area contributed by atoms with Gasteiger partial charge in [0, 0.05) is 39.1 Å². The third-order valence-electron chi connectivity index (χ3n) is 1.82. The molecule has 2 amide bonds. The molecule has 1 aromatic rings. The van der Waals surface area contributed by atoms with Crippen LogP contribution in [0.5, 0.6) is 0 Å². The first-order chi connectivity index (χ1) is 6.68. The molecule has 0 aliphatic carbocycles. The SMILES string of the molecule is Cn1ccc(CNCCNC(N)=O)c1. The minimum atomic E-state index is -0.480. The van der Waals surface area contributed by atoms with Crippen LogP contribution < -0.4 is 16.4 Å². The predicted molar refractivity (Wildman–Crippen MR) is 54.7 cm³/mol. The molecule has 0 radical (unpaired) electrons. The molecule has 0 aliphatic heterocycles. The zero-order valence-corrected chi connectivity index (χ0v) is 8.29. The van der Waals surface area contributed by atoms with E-state index >= 15 is 0 Å². The van der Waals surface area contributed by atoms with Crippen molar-refractivity contribution in [1.29, 1.82) is 0 Å². The summed E-state index contributed by atoms with van der Waals surface area (Å²) in [6, 6.07) is 1.57. The summed E-state index contributed by atoms with van der Waals surface area (Å²) in [7, 11) is 1.98. The second-order valence-corrected chi connectivity index (χ2v) is 3.15. The van der Waals surface area contributed by atoms with E-state index < -0.39 is 6.03 Å². The highest BCUT2D eigenvalue weighted by atomic mass is 16.2. The van der Waals surface area contributed by atoms with E-state index in [0.717, 1.165) is 13.1 Å². The maximum Gasteiger partial charge on any atom is 0.312 e. The molecule has 5 heteroatoms. The first-order valence-electron chi connectivity index (χ1n) is 4.53. The summed E-state index contributed by atoms with van der Waals surface area (Å²) in [5, 5.41) is 5.69. The molecule has 78 valence electrons. The van der Waals surface area contributed by atoms with Gasteiger partial charge in [0.2, 0.25) is 0 Å². The average molecular weight is 196 g/mol. The normalized spacial score (nSPS) is 10.1. The highest BCUT2D eigenvalue weighted by Crippen LogP contribution is 1.97. The second kappa shape index (κ2) is 5.29. The van der Waals surface area contributed by atoms with Gasteiger partial charge < -0.3 is 20.9 Å². The summed E-state index contributed by atoms with van der Waals surface area (Å²) in [5.74, 6) is 0. The zero-order chi connectivity index (χ0) is 10.4. The third kappa shape index (κ3) is 3.95. The van der Waals surface area contributed by atoms with E-state index in [1.165, 1.54) is 5.56 Å². The number of amides is 2. The molecule has 4 N–H and O–H groups in total. The lowest BCUT2D eigenvalue weighted by Gasteiger charge is -2.03. The zero-order valence-electron chi connectivity index (χ0n) is 8.29. The Bertz CT molecular complexity index is 295. The molecule has 14 heavy (non-hydrogen) atoms. The van der Waals surface area contributed by atoms with Crippen molar-refractivity contribution in [2.75, 3.05) is 13.1 Å². The Hall–Kier alpha value is -1.49. The van der Waals surface area contributed by atoms with Gasteiger partial charge in [0.05, 0.1) is 0 Å². The topological polar surface area (TPSA) is 72.1 Å². The van der Waals surface area contributed by atoms with Gasteiger partial charge in [-0.05, 0) is 11.6 Å². The van der Waals surface area contributed by atoms with Gasteiger partial charge >= 0.3 is 6.03 Å². The molecule has 0 unspecified atom stereocenters. The molecular weight excluding hydrogens is 180 g/mol. The van der Waals surface area contributed by atoms with Crippen molar-refractivity contribution < 1.29 is 4.79 Å². The molecule has 0 atom stereocenters. The van der Waals surface area contributed by atoms with Gasteiger partial charge in [-0.2, -0.15) is 0 Å². The lowest BCUT2D eigenvalue weighted by atomic mass is 10.3. The molecule has 0 aliphatic rings. The molecule has 0 saturated heterocycles. The van der Waals surface area contributed by atoms with Crippen molar-refractivity contribution in [1.82, 2.24) is 15.2 Å². The van der Waals surface area contributed by atoms with Crippen LogP contribution in [0.25, 0.3) is 0 Å². The van der Waals surface area contributed by atoms with E-state index in [2.05, 4.69) is 22.9 Å². The monoisotopic (exact) mass is 196 g/mol. The molecule has 5 nitrogen and oxygen atoms in total. The lowest BCUT2D eigenvalue weighted by molar-refractivity contribution is 0.249. The molecule has 1 aromatic heterocycles. The second-order valence-electron chi connectivity index (χ2n) is 3.15. The van der Waals surface area contributed by atoms with E-state index in [9.17, 15) is 4.79 Å². The number of nitrogens with zero attached hydrogens (tertiary/aromatic N) is 1. The summed E-state index contributed by atoms with van der Waals surface area (Å²) >= 11 is 0. The van der Waals surface area contributed by atoms with Crippen molar-refractivity contribution in [2.45, 2.75) is 6.54 Å². The van der Waals surface area contributed by atoms with Crippen LogP contribution in [0.4, 0.5) is 4.79 Å². The maximum atomic E-state index is 10.3. The number of nitrogens with two attached hydrogens (primary N) is 1. The molecule has 1 heterocycles. The van der Waals surface area contributed by atoms with Gasteiger partial charge in [-0.1, -0.05) is 0 Å². The summed E-state index contributed by atoms with van der Waals surface area (Å²) < 4.78 is 2.00. The van der Waals surface area contributed by atoms with E-state index in [1.807, 2.05) is 17.8 Å². The van der Waals surface area contributed by atoms with Crippen LogP contribution in [-0.4, -0.2) is 23.7 Å². The molecule has 1 rings (SSSR count). The Kier molecular flexibility index (Phi) is 4.00. The Balaban J connectivity index is 2.07. The fourth-order valence-electron chi connectivity index (χ4n) is 1.17. The van der Waals surface area contributed by atoms with Crippen LogP contribution in [0, 0.1) is 0 Å². The number of aromatic nitrogens is 1. The number of hydrogen-bond donors (Lipinski definition) is 3. The molecular formula is C9H16N4O. The number of carbonyl (C=O) groups is 1. The van der Waals surface area contributed by atoms with E-state index in [-0.39, 0.29) is 0 Å². The standard InChI is InChI=1S/C9H16N4O/c1-13-5-2-8(7-13)6-11-3-4-12-9(10)14/h2,5,7,11H,3-4,6H2,1H3,(H3,10,12,14). The van der Waals surface area contributed by atoms with E-state index in [0.29, 0.717) is 6.54 Å². The van der Waals surface area contributed by atoms with Gasteiger partial charge in [-0.15, -0.1) is 0 Å². The van der Waals surface area contributed by atoms with Crippen LogP contribution in [-0.2, 0) is 13.6 Å². The van der Waals surface area contributed by atoms with Gasteiger partial charge in [0.25, 0.3) is 0 Å².